The van der Waals surface area contributed by atoms with Gasteiger partial charge in [0, 0.05) is 57.2 Å². The summed E-state index contributed by atoms with van der Waals surface area (Å²) in [6.07, 6.45) is -24.8. The molecule has 0 saturated carbocycles. The monoisotopic (exact) mass is 1650 g/mol. The summed E-state index contributed by atoms with van der Waals surface area (Å²) in [4.78, 5) is 48.8. The molecular weight excluding hydrogens is 1570 g/mol. The van der Waals surface area contributed by atoms with Crippen molar-refractivity contribution in [2.45, 2.75) is 124 Å². The van der Waals surface area contributed by atoms with Crippen LogP contribution in [0.15, 0.2) is 150 Å². The molecule has 6 aliphatic rings. The van der Waals surface area contributed by atoms with Gasteiger partial charge in [-0.15, -0.1) is 0 Å². The molecule has 10 aromatic rings. The molecular formula is C79H77F12N3O22. The van der Waals surface area contributed by atoms with Gasteiger partial charge in [0.25, 0.3) is 11.8 Å². The average molecular weight is 1650 g/mol. The number of aromatic hydroxyl groups is 2. The first-order valence-electron chi connectivity index (χ1n) is 32.4. The maximum absolute atomic E-state index is 13.7. The molecule has 5 unspecified atom stereocenters. The molecule has 37 heteroatoms. The fourth-order valence-electron chi connectivity index (χ4n) is 11.2. The van der Waals surface area contributed by atoms with E-state index in [2.05, 4.69) is 38.5 Å². The topological polar surface area (TPSA) is 335 Å². The molecule has 0 radical (unpaired) electrons. The number of phenols is 2. The highest BCUT2D eigenvalue weighted by molar-refractivity contribution is 6.06. The second-order valence-corrected chi connectivity index (χ2v) is 24.3. The zero-order chi connectivity index (χ0) is 81.9. The van der Waals surface area contributed by atoms with Gasteiger partial charge in [-0.1, -0.05) is 35.8 Å². The van der Waals surface area contributed by atoms with E-state index in [4.69, 9.17) is 38.3 Å². The van der Waals surface area contributed by atoms with Gasteiger partial charge in [0.05, 0.1) is 62.1 Å². The SMILES string of the molecule is C.C.C.C.CC(C)n1nccc1-c1ncccc1COc1ccc2c(c1C=O)C(O)C(F)(F)O2.COc1ccc2c(c1)C(=O)C(F)(F)O2.COc1ccc2c(c1)C(=O)C(F)O2.COc1ccc2c(c1)C(O)C(F)(F)O2.COc1ccc2oc(F)c(C)c2c1.O=Cc1c(O)ccc2c1C(O)C(F)(F)O2.Oc1ccc2c(c1)C(O)C(F)(F)O2. The zero-order valence-corrected chi connectivity index (χ0v) is 58.8. The number of methoxy groups -OCH3 is 4. The van der Waals surface area contributed by atoms with Gasteiger partial charge in [-0.2, -0.15) is 57.8 Å². The van der Waals surface area contributed by atoms with Gasteiger partial charge in [0.1, 0.15) is 86.9 Å². The Morgan fingerprint density at radius 2 is 1.02 bits per heavy atom. The van der Waals surface area contributed by atoms with E-state index in [1.54, 1.807) is 56.8 Å². The molecule has 0 fully saturated rings. The van der Waals surface area contributed by atoms with Gasteiger partial charge in [0.2, 0.25) is 5.78 Å². The molecule has 624 valence electrons. The number of alkyl halides is 11. The number of benzene rings is 7. The number of aliphatic hydroxyl groups excluding tert-OH is 4. The third-order valence-electron chi connectivity index (χ3n) is 16.9. The molecule has 0 aliphatic carbocycles. The summed E-state index contributed by atoms with van der Waals surface area (Å²) in [7, 11) is 5.87. The fourth-order valence-corrected chi connectivity index (χ4v) is 11.2. The number of hydrogen-bond acceptors (Lipinski definition) is 24. The molecule has 6 N–H and O–H groups in total. The van der Waals surface area contributed by atoms with Crippen LogP contribution < -0.4 is 52.1 Å². The van der Waals surface area contributed by atoms with Crippen LogP contribution in [0.3, 0.4) is 0 Å². The minimum Gasteiger partial charge on any atom is -0.508 e. The Morgan fingerprint density at radius 1 is 0.543 bits per heavy atom. The van der Waals surface area contributed by atoms with Crippen molar-refractivity contribution >= 4 is 35.1 Å². The van der Waals surface area contributed by atoms with Crippen LogP contribution in [0.2, 0.25) is 0 Å². The number of pyridine rings is 1. The predicted molar refractivity (Wildman–Crippen MR) is 389 cm³/mol. The molecule has 0 spiro atoms. The summed E-state index contributed by atoms with van der Waals surface area (Å²) in [6.45, 7) is 5.71. The number of rotatable bonds is 11. The fraction of sp³-hybridized carbons (Fsp3) is 0.291. The highest BCUT2D eigenvalue weighted by Crippen LogP contribution is 2.52. The van der Waals surface area contributed by atoms with Crippen molar-refractivity contribution in [1.29, 1.82) is 0 Å². The number of Topliss-reactive ketones (excluding diaryl/α,β-unsaturated/α-hetero) is 2. The van der Waals surface area contributed by atoms with Crippen molar-refractivity contribution in [3.05, 3.63) is 208 Å². The first-order chi connectivity index (χ1) is 52.8. The number of halogens is 12. The number of furan rings is 1. The van der Waals surface area contributed by atoms with E-state index >= 15 is 0 Å². The summed E-state index contributed by atoms with van der Waals surface area (Å²) in [6, 6.07) is 31.2. The molecule has 25 nitrogen and oxygen atoms in total. The van der Waals surface area contributed by atoms with Crippen LogP contribution >= 0.6 is 0 Å². The quantitative estimate of drug-likeness (QED) is 0.0517. The van der Waals surface area contributed by atoms with Crippen molar-refractivity contribution in [3.63, 3.8) is 0 Å². The number of hydrogen-bond donors (Lipinski definition) is 6. The molecule has 16 rings (SSSR count). The summed E-state index contributed by atoms with van der Waals surface area (Å²) in [5.74, 6) is -1.07. The van der Waals surface area contributed by atoms with Crippen LogP contribution in [0.4, 0.5) is 52.7 Å². The average Bonchev–Trinajstić information content (AvgIpc) is 1.61. The van der Waals surface area contributed by atoms with Gasteiger partial charge in [-0.05, 0) is 148 Å². The van der Waals surface area contributed by atoms with E-state index in [1.165, 1.54) is 94.1 Å². The molecule has 6 aliphatic heterocycles. The lowest BCUT2D eigenvalue weighted by Crippen LogP contribution is -2.28. The highest BCUT2D eigenvalue weighted by atomic mass is 19.3. The van der Waals surface area contributed by atoms with E-state index < -0.39 is 84.6 Å². The van der Waals surface area contributed by atoms with Crippen LogP contribution in [-0.4, -0.2) is 135 Å². The number of nitrogens with zero attached hydrogens (tertiary/aromatic N) is 3. The second kappa shape index (κ2) is 36.8. The third kappa shape index (κ3) is 19.1. The van der Waals surface area contributed by atoms with Crippen molar-refractivity contribution in [2.24, 2.45) is 0 Å². The number of phenolic OH excluding ortho intramolecular Hbond substituents is 2. The molecule has 116 heavy (non-hydrogen) atoms. The third-order valence-corrected chi connectivity index (χ3v) is 16.9. The number of aliphatic hydroxyl groups is 4. The number of aldehydes is 2. The van der Waals surface area contributed by atoms with Crippen LogP contribution in [0.25, 0.3) is 22.4 Å². The van der Waals surface area contributed by atoms with Gasteiger partial charge in [-0.3, -0.25) is 28.8 Å². The van der Waals surface area contributed by atoms with Crippen LogP contribution in [0.5, 0.6) is 74.7 Å². The van der Waals surface area contributed by atoms with E-state index in [0.717, 1.165) is 34.8 Å². The summed E-state index contributed by atoms with van der Waals surface area (Å²) in [5.41, 5.74) is 2.10. The lowest BCUT2D eigenvalue weighted by Gasteiger charge is -2.15. The van der Waals surface area contributed by atoms with Gasteiger partial charge in [-0.25, -0.2) is 0 Å². The molecule has 3 aromatic heterocycles. The number of fused-ring (bicyclic) bond motifs is 7. The number of aromatic nitrogens is 3. The van der Waals surface area contributed by atoms with Crippen molar-refractivity contribution < 1.29 is 159 Å². The van der Waals surface area contributed by atoms with Crippen LogP contribution in [-0.2, 0) is 6.61 Å². The minimum atomic E-state index is -3.80. The first-order valence-corrected chi connectivity index (χ1v) is 32.4. The molecule has 0 amide bonds. The van der Waals surface area contributed by atoms with Crippen molar-refractivity contribution in [2.75, 3.05) is 28.4 Å². The van der Waals surface area contributed by atoms with Crippen molar-refractivity contribution in [3.8, 4) is 86.1 Å². The van der Waals surface area contributed by atoms with Crippen molar-refractivity contribution in [1.82, 2.24) is 14.8 Å². The predicted octanol–water partition coefficient (Wildman–Crippen LogP) is 17.1. The summed E-state index contributed by atoms with van der Waals surface area (Å²) >= 11 is 0. The smallest absolute Gasteiger partial charge is 0.466 e. The molecule has 9 heterocycles. The van der Waals surface area contributed by atoms with E-state index in [0.29, 0.717) is 46.1 Å². The number of carbonyl (C=O) groups excluding carboxylic acids is 4. The highest BCUT2D eigenvalue weighted by Gasteiger charge is 2.55. The van der Waals surface area contributed by atoms with Gasteiger partial charge >= 0.3 is 36.9 Å². The maximum atomic E-state index is 13.7. The molecule has 7 aromatic carbocycles. The minimum absolute atomic E-state index is 0. The van der Waals surface area contributed by atoms with Crippen LogP contribution in [0.1, 0.15) is 149 Å². The summed E-state index contributed by atoms with van der Waals surface area (Å²) in [5, 5.41) is 60.6. The Kier molecular flexibility index (Phi) is 29.3. The number of carbonyl (C=O) groups is 4. The van der Waals surface area contributed by atoms with Gasteiger partial charge in [0.15, 0.2) is 37.0 Å². The number of ether oxygens (including phenoxy) is 11. The van der Waals surface area contributed by atoms with Gasteiger partial charge < -0.3 is 87.2 Å². The lowest BCUT2D eigenvalue weighted by atomic mass is 10.0. The van der Waals surface area contributed by atoms with E-state index in [1.807, 2.05) is 30.7 Å². The standard InChI is InChI=1S/C21H19F2N3O4.C10H9FO2.C9H6F2O4.C9H8F2O3.C9H6F2O3.C9H7FO3.C8H6F2O3.4CH4/c1-12(2)26-15(7-9-25-26)19-13(4-3-8-24-19)11-29-16-5-6-17-18(14(16)10-27)20(28)21(22,23)30-17;1-6-8-5-7(12-2)3-4-9(8)13-10(6)11;10-9(11)8(14)7-4(3-12)5(13)1-2-6(7)15-9;2*1-13-5-2-3-7-6(4-5)8(12)9(10,11)14-7;1-12-5-2-3-7-6(4-5)8(11)9(10)13-7;9-8(10)7(12)5-3-4(11)1-2-6(5)13-8;;;;/h3-10,12,20,28H,11H2,1-2H3;3-5H,1-2H3;1-3,8,13-14H;2-4,8,12H,1H3;2-4H,1H3;2-4,9H,1H3;1-3,7,11-12H;4*1H4. The Hall–Kier alpha value is -12.5. The Bertz CT molecular complexity index is 5180. The second-order valence-electron chi connectivity index (χ2n) is 24.3. The number of aryl methyl sites for hydroxylation is 1. The Labute approximate surface area is 653 Å². The Balaban J connectivity index is 0.000000215. The first kappa shape index (κ1) is 92.4. The number of ketones is 2. The van der Waals surface area contributed by atoms with Crippen LogP contribution in [0, 0.1) is 12.9 Å². The lowest BCUT2D eigenvalue weighted by molar-refractivity contribution is -0.224. The molecule has 5 atom stereocenters. The summed E-state index contributed by atoms with van der Waals surface area (Å²) < 4.78 is 213. The zero-order valence-electron chi connectivity index (χ0n) is 58.8. The van der Waals surface area contributed by atoms with E-state index in [9.17, 15) is 92.3 Å². The normalized spacial score (nSPS) is 18.1. The molecule has 0 saturated heterocycles. The largest absolute Gasteiger partial charge is 0.508 e. The Morgan fingerprint density at radius 3 is 1.58 bits per heavy atom. The maximum Gasteiger partial charge on any atom is 0.466 e. The molecule has 0 bridgehead atoms. The van der Waals surface area contributed by atoms with E-state index in [-0.39, 0.29) is 139 Å².